The van der Waals surface area contributed by atoms with E-state index < -0.39 is 5.97 Å². The van der Waals surface area contributed by atoms with E-state index in [-0.39, 0.29) is 6.42 Å². The molecule has 0 aliphatic carbocycles. The Balaban J connectivity index is 3.63. The third kappa shape index (κ3) is 18.2. The first kappa shape index (κ1) is 21.2. The Morgan fingerprint density at radius 2 is 1.48 bits per heavy atom. The molecule has 0 spiro atoms. The van der Waals surface area contributed by atoms with Gasteiger partial charge in [-0.1, -0.05) is 56.2 Å². The van der Waals surface area contributed by atoms with Crippen LogP contribution in [0.5, 0.6) is 0 Å². The number of carboxylic acid groups (broad SMARTS) is 1. The van der Waals surface area contributed by atoms with Gasteiger partial charge in [-0.3, -0.25) is 4.79 Å². The molecule has 0 atom stereocenters. The van der Waals surface area contributed by atoms with E-state index in [1.165, 1.54) is 19.3 Å². The lowest BCUT2D eigenvalue weighted by atomic mass is 10.2. The minimum absolute atomic E-state index is 0.212. The van der Waals surface area contributed by atoms with E-state index in [0.717, 1.165) is 19.3 Å². The molecule has 0 rings (SSSR count). The second kappa shape index (κ2) is 16.6. The van der Waals surface area contributed by atoms with Crippen molar-refractivity contribution in [2.75, 3.05) is 0 Å². The smallest absolute Gasteiger partial charge is 0.303 e. The molecule has 23 heavy (non-hydrogen) atoms. The fourth-order valence-corrected chi connectivity index (χ4v) is 1.98. The molecule has 130 valence electrons. The van der Waals surface area contributed by atoms with Crippen LogP contribution in [0.2, 0.25) is 0 Å². The second-order valence-electron chi connectivity index (χ2n) is 5.57. The molecule has 0 heterocycles. The molecule has 0 unspecified atom stereocenters. The second-order valence-corrected chi connectivity index (χ2v) is 5.57. The molecule has 0 amide bonds. The quantitative estimate of drug-likeness (QED) is 0.231. The Morgan fingerprint density at radius 3 is 2.17 bits per heavy atom. The Bertz CT molecular complexity index is 403. The highest BCUT2D eigenvalue weighted by molar-refractivity contribution is 5.66. The maximum absolute atomic E-state index is 10.3. The minimum atomic E-state index is -0.751. The van der Waals surface area contributed by atoms with Gasteiger partial charge in [-0.15, -0.1) is 0 Å². The van der Waals surface area contributed by atoms with Crippen molar-refractivity contribution in [1.82, 2.24) is 0 Å². The number of hydrogen-bond acceptors (Lipinski definition) is 2. The van der Waals surface area contributed by atoms with Gasteiger partial charge in [0.15, 0.2) is 0 Å². The third-order valence-electron chi connectivity index (χ3n) is 3.32. The Labute approximate surface area is 141 Å². The van der Waals surface area contributed by atoms with Gasteiger partial charge in [-0.2, -0.15) is 0 Å². The van der Waals surface area contributed by atoms with Crippen LogP contribution in [-0.4, -0.2) is 16.2 Å². The molecule has 0 aromatic rings. The normalized spacial score (nSPS) is 12.8. The van der Waals surface area contributed by atoms with Gasteiger partial charge in [-0.25, -0.2) is 0 Å². The first-order valence-corrected chi connectivity index (χ1v) is 8.71. The average Bonchev–Trinajstić information content (AvgIpc) is 2.52. The zero-order chi connectivity index (χ0) is 17.2. The molecule has 3 heteroatoms. The van der Waals surface area contributed by atoms with Gasteiger partial charge < -0.3 is 10.2 Å². The maximum atomic E-state index is 10.3. The van der Waals surface area contributed by atoms with Crippen molar-refractivity contribution in [3.8, 4) is 0 Å². The van der Waals surface area contributed by atoms with Crippen LogP contribution in [0.3, 0.4) is 0 Å². The Morgan fingerprint density at radius 1 is 0.826 bits per heavy atom. The molecule has 0 aliphatic rings. The zero-order valence-corrected chi connectivity index (χ0v) is 14.4. The predicted molar refractivity (Wildman–Crippen MR) is 97.6 cm³/mol. The average molecular weight is 320 g/mol. The molecule has 0 bridgehead atoms. The largest absolute Gasteiger partial charge is 0.512 e. The van der Waals surface area contributed by atoms with Gasteiger partial charge in [0.2, 0.25) is 0 Å². The van der Waals surface area contributed by atoms with E-state index in [1.807, 2.05) is 18.2 Å². The topological polar surface area (TPSA) is 57.5 Å². The van der Waals surface area contributed by atoms with Gasteiger partial charge in [0.05, 0.1) is 5.76 Å². The summed E-state index contributed by atoms with van der Waals surface area (Å²) < 4.78 is 0. The van der Waals surface area contributed by atoms with E-state index in [9.17, 15) is 9.90 Å². The van der Waals surface area contributed by atoms with Crippen LogP contribution in [0, 0.1) is 0 Å². The van der Waals surface area contributed by atoms with Crippen LogP contribution in [0.15, 0.2) is 48.3 Å². The molecule has 0 aromatic heterocycles. The molecule has 2 N–H and O–H groups in total. The minimum Gasteiger partial charge on any atom is -0.512 e. The highest BCUT2D eigenvalue weighted by Crippen LogP contribution is 2.04. The lowest BCUT2D eigenvalue weighted by Crippen LogP contribution is -1.92. The lowest BCUT2D eigenvalue weighted by Gasteiger charge is -1.94. The molecule has 0 saturated carbocycles. The van der Waals surface area contributed by atoms with E-state index in [2.05, 4.69) is 25.2 Å². The number of rotatable bonds is 14. The first-order chi connectivity index (χ1) is 11.2. The standard InChI is InChI=1S/C20H32O3/c1-2-3-4-5-6-7-8-10-13-16-19(21)17-14-11-9-12-15-18-20(22)23/h6-7,9-11,13,17,21H,2-5,8,12,14-16,18H2,1H3,(H,22,23)/b7-6-,11-9-,13-10-,19-17+. The van der Waals surface area contributed by atoms with Crippen molar-refractivity contribution in [3.63, 3.8) is 0 Å². The fraction of sp³-hybridized carbons (Fsp3) is 0.550. The van der Waals surface area contributed by atoms with Crippen LogP contribution < -0.4 is 0 Å². The third-order valence-corrected chi connectivity index (χ3v) is 3.32. The number of carboxylic acids is 1. The van der Waals surface area contributed by atoms with Gasteiger partial charge in [0, 0.05) is 12.8 Å². The summed E-state index contributed by atoms with van der Waals surface area (Å²) in [7, 11) is 0. The summed E-state index contributed by atoms with van der Waals surface area (Å²) >= 11 is 0. The van der Waals surface area contributed by atoms with Crippen LogP contribution >= 0.6 is 0 Å². The van der Waals surface area contributed by atoms with Crippen LogP contribution in [0.4, 0.5) is 0 Å². The number of unbranched alkanes of at least 4 members (excludes halogenated alkanes) is 4. The van der Waals surface area contributed by atoms with E-state index in [1.54, 1.807) is 6.08 Å². The molecule has 0 radical (unpaired) electrons. The number of aliphatic hydroxyl groups excluding tert-OH is 1. The Hall–Kier alpha value is -1.77. The van der Waals surface area contributed by atoms with Crippen LogP contribution in [0.1, 0.15) is 71.1 Å². The number of aliphatic hydroxyl groups is 1. The van der Waals surface area contributed by atoms with E-state index in [0.29, 0.717) is 25.0 Å². The van der Waals surface area contributed by atoms with E-state index >= 15 is 0 Å². The summed E-state index contributed by atoms with van der Waals surface area (Å²) in [6.07, 6.45) is 23.0. The van der Waals surface area contributed by atoms with Gasteiger partial charge in [0.25, 0.3) is 0 Å². The predicted octanol–water partition coefficient (Wildman–Crippen LogP) is 6.10. The molecule has 0 aromatic carbocycles. The van der Waals surface area contributed by atoms with Gasteiger partial charge in [0.1, 0.15) is 0 Å². The summed E-state index contributed by atoms with van der Waals surface area (Å²) in [4.78, 5) is 10.3. The summed E-state index contributed by atoms with van der Waals surface area (Å²) in [5.41, 5.74) is 0. The number of aliphatic carboxylic acids is 1. The van der Waals surface area contributed by atoms with Crippen molar-refractivity contribution >= 4 is 5.97 Å². The Kier molecular flexibility index (Phi) is 15.3. The molecule has 3 nitrogen and oxygen atoms in total. The van der Waals surface area contributed by atoms with Crippen molar-refractivity contribution in [2.24, 2.45) is 0 Å². The fourth-order valence-electron chi connectivity index (χ4n) is 1.98. The lowest BCUT2D eigenvalue weighted by molar-refractivity contribution is -0.137. The number of allylic oxidation sites excluding steroid dienone is 7. The van der Waals surface area contributed by atoms with E-state index in [4.69, 9.17) is 5.11 Å². The number of hydrogen-bond donors (Lipinski definition) is 2. The summed E-state index contributed by atoms with van der Waals surface area (Å²) in [5.74, 6) is -0.373. The molecular weight excluding hydrogens is 288 g/mol. The van der Waals surface area contributed by atoms with Crippen LogP contribution in [-0.2, 0) is 4.79 Å². The first-order valence-electron chi connectivity index (χ1n) is 8.71. The highest BCUT2D eigenvalue weighted by atomic mass is 16.4. The summed E-state index contributed by atoms with van der Waals surface area (Å²) in [6.45, 7) is 2.21. The monoisotopic (exact) mass is 320 g/mol. The molecule has 0 saturated heterocycles. The SMILES string of the molecule is CCCCC/C=C\C/C=C\C/C(O)=C\C/C=C\CCCC(=O)O. The molecule has 0 fully saturated rings. The van der Waals surface area contributed by atoms with Crippen molar-refractivity contribution in [2.45, 2.75) is 71.1 Å². The summed E-state index contributed by atoms with van der Waals surface area (Å²) in [5, 5.41) is 18.2. The van der Waals surface area contributed by atoms with Crippen LogP contribution in [0.25, 0.3) is 0 Å². The summed E-state index contributed by atoms with van der Waals surface area (Å²) in [6, 6.07) is 0. The zero-order valence-electron chi connectivity index (χ0n) is 14.4. The highest BCUT2D eigenvalue weighted by Gasteiger charge is 1.93. The van der Waals surface area contributed by atoms with Crippen molar-refractivity contribution in [1.29, 1.82) is 0 Å². The van der Waals surface area contributed by atoms with Gasteiger partial charge >= 0.3 is 5.97 Å². The van der Waals surface area contributed by atoms with Crippen molar-refractivity contribution in [3.05, 3.63) is 48.3 Å². The number of carbonyl (C=O) groups is 1. The molecule has 0 aliphatic heterocycles. The van der Waals surface area contributed by atoms with Gasteiger partial charge in [-0.05, 0) is 44.6 Å². The maximum Gasteiger partial charge on any atom is 0.303 e. The molecular formula is C20H32O3. The van der Waals surface area contributed by atoms with Crippen molar-refractivity contribution < 1.29 is 15.0 Å².